The Labute approximate surface area is 86.8 Å². The van der Waals surface area contributed by atoms with Crippen molar-refractivity contribution in [2.75, 3.05) is 13.9 Å². The Bertz CT molecular complexity index is 147. The van der Waals surface area contributed by atoms with Crippen LogP contribution in [-0.4, -0.2) is 25.8 Å². The van der Waals surface area contributed by atoms with Crippen LogP contribution in [0, 0.1) is 0 Å². The van der Waals surface area contributed by atoms with Crippen molar-refractivity contribution in [3.63, 3.8) is 0 Å². The van der Waals surface area contributed by atoms with E-state index >= 15 is 0 Å². The minimum Gasteiger partial charge on any atom is -0.359 e. The van der Waals surface area contributed by atoms with Gasteiger partial charge < -0.3 is 14.3 Å². The third-order valence-corrected chi connectivity index (χ3v) is 2.33. The topological polar surface area (TPSA) is 35.5 Å². The van der Waals surface area contributed by atoms with E-state index in [1.165, 1.54) is 0 Å². The van der Waals surface area contributed by atoms with Crippen molar-refractivity contribution >= 4 is 6.29 Å². The van der Waals surface area contributed by atoms with E-state index < -0.39 is 0 Å². The second kappa shape index (κ2) is 7.94. The van der Waals surface area contributed by atoms with Gasteiger partial charge in [0.05, 0.1) is 5.60 Å². The second-order valence-corrected chi connectivity index (χ2v) is 3.81. The van der Waals surface area contributed by atoms with Crippen molar-refractivity contribution in [2.24, 2.45) is 0 Å². The molecule has 0 aliphatic heterocycles. The summed E-state index contributed by atoms with van der Waals surface area (Å²) in [5, 5.41) is 0. The van der Waals surface area contributed by atoms with E-state index in [0.717, 1.165) is 32.0 Å². The summed E-state index contributed by atoms with van der Waals surface area (Å²) in [6, 6.07) is 0. The summed E-state index contributed by atoms with van der Waals surface area (Å²) in [4.78, 5) is 10.2. The van der Waals surface area contributed by atoms with Crippen molar-refractivity contribution in [3.8, 4) is 0 Å². The molecule has 0 radical (unpaired) electrons. The van der Waals surface area contributed by atoms with E-state index in [-0.39, 0.29) is 5.60 Å². The van der Waals surface area contributed by atoms with E-state index in [9.17, 15) is 4.79 Å². The van der Waals surface area contributed by atoms with Gasteiger partial charge in [0, 0.05) is 13.5 Å². The lowest BCUT2D eigenvalue weighted by molar-refractivity contribution is -0.130. The molecule has 3 nitrogen and oxygen atoms in total. The molecular weight excluding hydrogens is 180 g/mol. The van der Waals surface area contributed by atoms with Crippen LogP contribution in [0.15, 0.2) is 0 Å². The molecule has 0 aromatic heterocycles. The number of unbranched alkanes of at least 4 members (excludes halogenated alkanes) is 1. The molecule has 0 rings (SSSR count). The van der Waals surface area contributed by atoms with E-state index in [4.69, 9.17) is 9.47 Å². The molecule has 0 aliphatic carbocycles. The predicted molar refractivity (Wildman–Crippen MR) is 56.2 cm³/mol. The molecule has 84 valence electrons. The molecule has 0 N–H and O–H groups in total. The maximum absolute atomic E-state index is 10.2. The molecule has 0 amide bonds. The summed E-state index contributed by atoms with van der Waals surface area (Å²) in [5.41, 5.74) is -0.131. The lowest BCUT2D eigenvalue weighted by Gasteiger charge is -2.29. The zero-order chi connectivity index (χ0) is 10.9. The first kappa shape index (κ1) is 13.6. The molecule has 0 bridgehead atoms. The summed E-state index contributed by atoms with van der Waals surface area (Å²) in [6.45, 7) is 4.55. The van der Waals surface area contributed by atoms with Gasteiger partial charge in [0.1, 0.15) is 13.1 Å². The molecule has 0 aromatic rings. The highest BCUT2D eigenvalue weighted by molar-refractivity contribution is 5.48. The third kappa shape index (κ3) is 6.11. The van der Waals surface area contributed by atoms with Gasteiger partial charge >= 0.3 is 0 Å². The molecular formula is C11H22O3. The van der Waals surface area contributed by atoms with Gasteiger partial charge in [0.25, 0.3) is 0 Å². The zero-order valence-electron chi connectivity index (χ0n) is 9.54. The lowest BCUT2D eigenvalue weighted by atomic mass is 9.94. The van der Waals surface area contributed by atoms with Crippen LogP contribution in [0.1, 0.15) is 46.0 Å². The fraction of sp³-hybridized carbons (Fsp3) is 0.909. The van der Waals surface area contributed by atoms with Gasteiger partial charge in [-0.25, -0.2) is 0 Å². The molecule has 0 spiro atoms. The minimum absolute atomic E-state index is 0.131. The molecule has 0 saturated carbocycles. The molecule has 0 heterocycles. The Kier molecular flexibility index (Phi) is 7.71. The number of methoxy groups -OCH3 is 1. The molecule has 0 saturated heterocycles. The molecule has 0 aliphatic rings. The molecule has 0 unspecified atom stereocenters. The fourth-order valence-corrected chi connectivity index (χ4v) is 1.56. The van der Waals surface area contributed by atoms with Crippen LogP contribution in [0.2, 0.25) is 0 Å². The van der Waals surface area contributed by atoms with Crippen LogP contribution in [0.3, 0.4) is 0 Å². The number of hydrogen-bond donors (Lipinski definition) is 0. The number of carbonyl (C=O) groups is 1. The Morgan fingerprint density at radius 1 is 1.36 bits per heavy atom. The monoisotopic (exact) mass is 202 g/mol. The van der Waals surface area contributed by atoms with Gasteiger partial charge in [-0.2, -0.15) is 0 Å². The molecule has 0 aromatic carbocycles. The number of hydrogen-bond acceptors (Lipinski definition) is 3. The molecule has 0 fully saturated rings. The van der Waals surface area contributed by atoms with Crippen molar-refractivity contribution in [2.45, 2.75) is 51.6 Å². The maximum Gasteiger partial charge on any atom is 0.147 e. The van der Waals surface area contributed by atoms with Crippen molar-refractivity contribution in [3.05, 3.63) is 0 Å². The SMILES string of the molecule is CCC[C@](C)(CCCC=O)OCOC. The van der Waals surface area contributed by atoms with Crippen molar-refractivity contribution < 1.29 is 14.3 Å². The maximum atomic E-state index is 10.2. The number of aldehydes is 1. The largest absolute Gasteiger partial charge is 0.359 e. The quantitative estimate of drug-likeness (QED) is 0.327. The molecule has 3 heteroatoms. The number of ether oxygens (including phenoxy) is 2. The average Bonchev–Trinajstić information content (AvgIpc) is 2.16. The Hall–Kier alpha value is -0.410. The van der Waals surface area contributed by atoms with Crippen LogP contribution in [0.5, 0.6) is 0 Å². The third-order valence-electron chi connectivity index (χ3n) is 2.33. The Morgan fingerprint density at radius 3 is 2.57 bits per heavy atom. The second-order valence-electron chi connectivity index (χ2n) is 3.81. The Morgan fingerprint density at radius 2 is 2.07 bits per heavy atom. The predicted octanol–water partition coefficient (Wildman–Crippen LogP) is 2.53. The van der Waals surface area contributed by atoms with Gasteiger partial charge in [-0.1, -0.05) is 13.3 Å². The van der Waals surface area contributed by atoms with Crippen LogP contribution in [0.4, 0.5) is 0 Å². The highest BCUT2D eigenvalue weighted by Crippen LogP contribution is 2.24. The zero-order valence-corrected chi connectivity index (χ0v) is 9.54. The van der Waals surface area contributed by atoms with Crippen LogP contribution in [0.25, 0.3) is 0 Å². The first-order valence-electron chi connectivity index (χ1n) is 5.25. The van der Waals surface area contributed by atoms with Gasteiger partial charge in [0.15, 0.2) is 0 Å². The van der Waals surface area contributed by atoms with E-state index in [0.29, 0.717) is 13.2 Å². The minimum atomic E-state index is -0.131. The van der Waals surface area contributed by atoms with Crippen LogP contribution < -0.4 is 0 Å². The van der Waals surface area contributed by atoms with Crippen molar-refractivity contribution in [1.29, 1.82) is 0 Å². The first-order valence-corrected chi connectivity index (χ1v) is 5.25. The number of rotatable bonds is 9. The first-order chi connectivity index (χ1) is 6.68. The van der Waals surface area contributed by atoms with Gasteiger partial charge in [-0.15, -0.1) is 0 Å². The highest BCUT2D eigenvalue weighted by Gasteiger charge is 2.23. The molecule has 1 atom stereocenters. The summed E-state index contributed by atoms with van der Waals surface area (Å²) in [5.74, 6) is 0. The highest BCUT2D eigenvalue weighted by atomic mass is 16.7. The normalized spacial score (nSPS) is 15.1. The summed E-state index contributed by atoms with van der Waals surface area (Å²) < 4.78 is 10.5. The average molecular weight is 202 g/mol. The van der Waals surface area contributed by atoms with Gasteiger partial charge in [-0.3, -0.25) is 0 Å². The fourth-order valence-electron chi connectivity index (χ4n) is 1.56. The Balaban J connectivity index is 3.88. The van der Waals surface area contributed by atoms with Crippen molar-refractivity contribution in [1.82, 2.24) is 0 Å². The van der Waals surface area contributed by atoms with E-state index in [2.05, 4.69) is 13.8 Å². The van der Waals surface area contributed by atoms with Crippen LogP contribution in [-0.2, 0) is 14.3 Å². The summed E-state index contributed by atoms with van der Waals surface area (Å²) in [7, 11) is 1.62. The smallest absolute Gasteiger partial charge is 0.147 e. The summed E-state index contributed by atoms with van der Waals surface area (Å²) in [6.07, 6.45) is 5.49. The van der Waals surface area contributed by atoms with Gasteiger partial charge in [-0.05, 0) is 26.2 Å². The standard InChI is InChI=1S/C11H22O3/c1-4-7-11(2,14-10-13-3)8-5-6-9-12/h9H,4-8,10H2,1-3H3/t11-/m1/s1. The number of carbonyl (C=O) groups excluding carboxylic acids is 1. The molecule has 14 heavy (non-hydrogen) atoms. The van der Waals surface area contributed by atoms with E-state index in [1.807, 2.05) is 0 Å². The lowest BCUT2D eigenvalue weighted by Crippen LogP contribution is -2.29. The van der Waals surface area contributed by atoms with Crippen LogP contribution >= 0.6 is 0 Å². The van der Waals surface area contributed by atoms with E-state index in [1.54, 1.807) is 7.11 Å². The van der Waals surface area contributed by atoms with Gasteiger partial charge in [0.2, 0.25) is 0 Å². The summed E-state index contributed by atoms with van der Waals surface area (Å²) >= 11 is 0.